The zero-order valence-corrected chi connectivity index (χ0v) is 8.03. The van der Waals surface area contributed by atoms with E-state index >= 15 is 0 Å². The summed E-state index contributed by atoms with van der Waals surface area (Å²) in [4.78, 5) is 22.7. The zero-order chi connectivity index (χ0) is 10.3. The molecular formula is C9H15NO3. The van der Waals surface area contributed by atoms with Gasteiger partial charge in [0.05, 0.1) is 6.54 Å². The molecule has 0 aromatic carbocycles. The smallest absolute Gasteiger partial charge is 0.410 e. The molecule has 1 unspecified atom stereocenters. The first kappa shape index (κ1) is 11.7. The van der Waals surface area contributed by atoms with Crippen molar-refractivity contribution in [1.29, 1.82) is 0 Å². The van der Waals surface area contributed by atoms with Crippen molar-refractivity contribution >= 4 is 12.4 Å². The third-order valence-electron chi connectivity index (χ3n) is 1.55. The van der Waals surface area contributed by atoms with Crippen molar-refractivity contribution in [3.8, 4) is 0 Å². The highest BCUT2D eigenvalue weighted by Crippen LogP contribution is 1.98. The maximum atomic E-state index is 11.2. The number of hydrogen-bond acceptors (Lipinski definition) is 3. The van der Waals surface area contributed by atoms with E-state index in [1.807, 2.05) is 0 Å². The van der Waals surface area contributed by atoms with E-state index in [0.29, 0.717) is 12.8 Å². The fourth-order valence-electron chi connectivity index (χ4n) is 0.704. The van der Waals surface area contributed by atoms with Gasteiger partial charge in [0.2, 0.25) is 0 Å². The number of likely N-dealkylation sites (N-methyl/N-ethyl adjacent to an activating group) is 1. The van der Waals surface area contributed by atoms with Gasteiger partial charge in [0.1, 0.15) is 12.4 Å². The molecule has 0 aromatic heterocycles. The second-order valence-corrected chi connectivity index (χ2v) is 2.53. The Balaban J connectivity index is 4.04. The average Bonchev–Trinajstić information content (AvgIpc) is 2.13. The lowest BCUT2D eigenvalue weighted by Gasteiger charge is -2.19. The van der Waals surface area contributed by atoms with Gasteiger partial charge in [0.25, 0.3) is 0 Å². The molecule has 4 heteroatoms. The largest absolute Gasteiger partial charge is 0.442 e. The SMILES string of the molecule is C=CC(C)OC(=O)N(CC)CC=O. The summed E-state index contributed by atoms with van der Waals surface area (Å²) in [6.45, 7) is 7.50. The monoisotopic (exact) mass is 185 g/mol. The molecule has 13 heavy (non-hydrogen) atoms. The molecule has 0 aliphatic rings. The maximum absolute atomic E-state index is 11.2. The highest BCUT2D eigenvalue weighted by atomic mass is 16.6. The Bertz CT molecular complexity index is 191. The van der Waals surface area contributed by atoms with Gasteiger partial charge < -0.3 is 14.4 Å². The number of carbonyl (C=O) groups is 2. The lowest BCUT2D eigenvalue weighted by atomic mass is 10.4. The van der Waals surface area contributed by atoms with Crippen molar-refractivity contribution in [2.45, 2.75) is 20.0 Å². The highest BCUT2D eigenvalue weighted by Gasteiger charge is 2.13. The van der Waals surface area contributed by atoms with Crippen LogP contribution in [0.1, 0.15) is 13.8 Å². The molecule has 4 nitrogen and oxygen atoms in total. The molecular weight excluding hydrogens is 170 g/mol. The quantitative estimate of drug-likeness (QED) is 0.478. The van der Waals surface area contributed by atoms with Gasteiger partial charge in [0, 0.05) is 6.54 Å². The molecule has 0 N–H and O–H groups in total. The van der Waals surface area contributed by atoms with Gasteiger partial charge in [-0.3, -0.25) is 0 Å². The molecule has 0 bridgehead atoms. The van der Waals surface area contributed by atoms with Crippen LogP contribution >= 0.6 is 0 Å². The number of carbonyl (C=O) groups excluding carboxylic acids is 2. The Kier molecular flexibility index (Phi) is 5.59. The van der Waals surface area contributed by atoms with Crippen molar-refractivity contribution in [2.75, 3.05) is 13.1 Å². The Morgan fingerprint density at radius 2 is 2.31 bits per heavy atom. The first-order valence-corrected chi connectivity index (χ1v) is 4.17. The molecule has 1 amide bonds. The summed E-state index contributed by atoms with van der Waals surface area (Å²) >= 11 is 0. The molecule has 0 saturated carbocycles. The van der Waals surface area contributed by atoms with Crippen molar-refractivity contribution in [3.05, 3.63) is 12.7 Å². The lowest BCUT2D eigenvalue weighted by Crippen LogP contribution is -2.34. The molecule has 0 radical (unpaired) electrons. The third kappa shape index (κ3) is 4.30. The van der Waals surface area contributed by atoms with E-state index in [2.05, 4.69) is 6.58 Å². The van der Waals surface area contributed by atoms with Crippen molar-refractivity contribution in [3.63, 3.8) is 0 Å². The van der Waals surface area contributed by atoms with Crippen LogP contribution in [0, 0.1) is 0 Å². The highest BCUT2D eigenvalue weighted by molar-refractivity contribution is 5.71. The van der Waals surface area contributed by atoms with Crippen LogP contribution in [-0.4, -0.2) is 36.5 Å². The van der Waals surface area contributed by atoms with Gasteiger partial charge in [0.15, 0.2) is 0 Å². The number of hydrogen-bond donors (Lipinski definition) is 0. The summed E-state index contributed by atoms with van der Waals surface area (Å²) in [6.07, 6.45) is 1.38. The summed E-state index contributed by atoms with van der Waals surface area (Å²) < 4.78 is 4.92. The third-order valence-corrected chi connectivity index (χ3v) is 1.55. The Labute approximate surface area is 78.2 Å². The number of amides is 1. The molecule has 74 valence electrons. The average molecular weight is 185 g/mol. The normalized spacial score (nSPS) is 11.5. The predicted molar refractivity (Wildman–Crippen MR) is 49.5 cm³/mol. The number of aldehydes is 1. The molecule has 1 atom stereocenters. The van der Waals surface area contributed by atoms with E-state index in [0.717, 1.165) is 0 Å². The molecule has 0 aromatic rings. The van der Waals surface area contributed by atoms with E-state index < -0.39 is 6.09 Å². The predicted octanol–water partition coefficient (Wildman–Crippen LogP) is 1.22. The summed E-state index contributed by atoms with van der Waals surface area (Å²) in [7, 11) is 0. The minimum Gasteiger partial charge on any atom is -0.442 e. The van der Waals surface area contributed by atoms with Crippen LogP contribution in [0.25, 0.3) is 0 Å². The van der Waals surface area contributed by atoms with Gasteiger partial charge in [-0.1, -0.05) is 12.7 Å². The minimum absolute atomic E-state index is 0.0686. The van der Waals surface area contributed by atoms with Crippen LogP contribution in [0.5, 0.6) is 0 Å². The summed E-state index contributed by atoms with van der Waals surface area (Å²) in [5.74, 6) is 0. The lowest BCUT2D eigenvalue weighted by molar-refractivity contribution is -0.108. The van der Waals surface area contributed by atoms with Gasteiger partial charge in [-0.05, 0) is 13.8 Å². The molecule has 0 aliphatic carbocycles. The summed E-state index contributed by atoms with van der Waals surface area (Å²) in [5, 5.41) is 0. The Morgan fingerprint density at radius 1 is 1.69 bits per heavy atom. The fourth-order valence-corrected chi connectivity index (χ4v) is 0.704. The van der Waals surface area contributed by atoms with Crippen LogP contribution < -0.4 is 0 Å². The van der Waals surface area contributed by atoms with E-state index in [1.54, 1.807) is 13.8 Å². The van der Waals surface area contributed by atoms with Crippen LogP contribution in [0.2, 0.25) is 0 Å². The minimum atomic E-state index is -0.484. The Hall–Kier alpha value is -1.32. The van der Waals surface area contributed by atoms with Gasteiger partial charge >= 0.3 is 6.09 Å². The molecule has 0 fully saturated rings. The second kappa shape index (κ2) is 6.22. The van der Waals surface area contributed by atoms with E-state index in [4.69, 9.17) is 4.74 Å². The van der Waals surface area contributed by atoms with Crippen molar-refractivity contribution in [1.82, 2.24) is 4.90 Å². The van der Waals surface area contributed by atoms with Crippen LogP contribution in [0.4, 0.5) is 4.79 Å². The van der Waals surface area contributed by atoms with Gasteiger partial charge in [-0.15, -0.1) is 0 Å². The molecule has 0 saturated heterocycles. The topological polar surface area (TPSA) is 46.6 Å². The molecule has 0 rings (SSSR count). The number of rotatable bonds is 5. The number of ether oxygens (including phenoxy) is 1. The zero-order valence-electron chi connectivity index (χ0n) is 8.03. The molecule has 0 aliphatic heterocycles. The molecule has 0 heterocycles. The second-order valence-electron chi connectivity index (χ2n) is 2.53. The standard InChI is InChI=1S/C9H15NO3/c1-4-8(3)13-9(12)10(5-2)6-7-11/h4,7-8H,1,5-6H2,2-3H3. The van der Waals surface area contributed by atoms with Crippen LogP contribution in [0.3, 0.4) is 0 Å². The first-order chi connectivity index (χ1) is 6.15. The van der Waals surface area contributed by atoms with E-state index in [9.17, 15) is 9.59 Å². The van der Waals surface area contributed by atoms with Gasteiger partial charge in [-0.2, -0.15) is 0 Å². The first-order valence-electron chi connectivity index (χ1n) is 4.17. The van der Waals surface area contributed by atoms with Crippen LogP contribution in [0.15, 0.2) is 12.7 Å². The fraction of sp³-hybridized carbons (Fsp3) is 0.556. The summed E-state index contributed by atoms with van der Waals surface area (Å²) in [5.41, 5.74) is 0. The number of nitrogens with zero attached hydrogens (tertiary/aromatic N) is 1. The maximum Gasteiger partial charge on any atom is 0.410 e. The van der Waals surface area contributed by atoms with Crippen molar-refractivity contribution < 1.29 is 14.3 Å². The summed E-state index contributed by atoms with van der Waals surface area (Å²) in [6, 6.07) is 0. The van der Waals surface area contributed by atoms with Gasteiger partial charge in [-0.25, -0.2) is 4.79 Å². The van der Waals surface area contributed by atoms with E-state index in [-0.39, 0.29) is 12.6 Å². The van der Waals surface area contributed by atoms with Crippen molar-refractivity contribution in [2.24, 2.45) is 0 Å². The van der Waals surface area contributed by atoms with E-state index in [1.165, 1.54) is 11.0 Å². The van der Waals surface area contributed by atoms with Crippen LogP contribution in [-0.2, 0) is 9.53 Å². The Morgan fingerprint density at radius 3 is 2.69 bits per heavy atom. The molecule has 0 spiro atoms.